The van der Waals surface area contributed by atoms with Crippen LogP contribution in [0.5, 0.6) is 0 Å². The van der Waals surface area contributed by atoms with Crippen molar-refractivity contribution in [2.75, 3.05) is 4.90 Å². The van der Waals surface area contributed by atoms with E-state index in [4.69, 9.17) is 14.4 Å². The van der Waals surface area contributed by atoms with E-state index >= 15 is 0 Å². The first-order chi connectivity index (χ1) is 28.7. The molecule has 0 saturated carbocycles. The number of nitrogens with zero attached hydrogens (tertiary/aromatic N) is 3. The molecule has 0 bridgehead atoms. The summed E-state index contributed by atoms with van der Waals surface area (Å²) in [6.07, 6.45) is -0.402. The van der Waals surface area contributed by atoms with E-state index in [1.807, 2.05) is 48.5 Å². The van der Waals surface area contributed by atoms with Gasteiger partial charge in [-0.25, -0.2) is 9.98 Å². The highest BCUT2D eigenvalue weighted by molar-refractivity contribution is 6.15. The van der Waals surface area contributed by atoms with Crippen molar-refractivity contribution in [2.24, 2.45) is 9.98 Å². The molecule has 5 nitrogen and oxygen atoms in total. The topological polar surface area (TPSA) is 53.1 Å². The van der Waals surface area contributed by atoms with Crippen LogP contribution in [0, 0.1) is 0 Å². The third-order valence-corrected chi connectivity index (χ3v) is 11.1. The predicted molar refractivity (Wildman–Crippen MR) is 241 cm³/mol. The van der Waals surface area contributed by atoms with Crippen molar-refractivity contribution >= 4 is 72.2 Å². The largest absolute Gasteiger partial charge is 0.455 e. The molecule has 1 aliphatic rings. The van der Waals surface area contributed by atoms with Crippen LogP contribution in [-0.4, -0.2) is 11.7 Å². The molecule has 1 aromatic heterocycles. The summed E-state index contributed by atoms with van der Waals surface area (Å²) >= 11 is 0. The monoisotopic (exact) mass is 744 g/mol. The summed E-state index contributed by atoms with van der Waals surface area (Å²) in [5.74, 6) is 1.47. The van der Waals surface area contributed by atoms with Crippen molar-refractivity contribution in [1.29, 1.82) is 0 Å². The second-order valence-corrected chi connectivity index (χ2v) is 14.6. The highest BCUT2D eigenvalue weighted by Crippen LogP contribution is 2.43. The lowest BCUT2D eigenvalue weighted by molar-refractivity contribution is 0.663. The average molecular weight is 745 g/mol. The lowest BCUT2D eigenvalue weighted by Crippen LogP contribution is -2.33. The average Bonchev–Trinajstić information content (AvgIpc) is 3.69. The van der Waals surface area contributed by atoms with Gasteiger partial charge in [0, 0.05) is 50.1 Å². The number of para-hydroxylation sites is 1. The van der Waals surface area contributed by atoms with E-state index < -0.39 is 6.17 Å². The SMILES string of the molecule is c1ccc(C2=NC(c3ccc(-c4ccc(N(c5ccc6ccccc6c5)c5ccc6ccccc6c5)cc4)c4oc5ccccc5c34)NC(c3ccccc3)=N2)cc1. The van der Waals surface area contributed by atoms with Crippen LogP contribution in [0.3, 0.4) is 0 Å². The maximum atomic E-state index is 6.77. The van der Waals surface area contributed by atoms with E-state index in [1.54, 1.807) is 0 Å². The van der Waals surface area contributed by atoms with Crippen LogP contribution in [-0.2, 0) is 0 Å². The van der Waals surface area contributed by atoms with E-state index in [0.29, 0.717) is 5.84 Å². The fraction of sp³-hybridized carbons (Fsp3) is 0.0189. The van der Waals surface area contributed by atoms with Crippen molar-refractivity contribution in [3.63, 3.8) is 0 Å². The molecule has 10 aromatic rings. The van der Waals surface area contributed by atoms with E-state index in [-0.39, 0.29) is 0 Å². The van der Waals surface area contributed by atoms with E-state index in [1.165, 1.54) is 21.5 Å². The number of aliphatic imine (C=N–C) groups is 2. The number of nitrogens with one attached hydrogen (secondary N) is 1. The third kappa shape index (κ3) is 5.97. The lowest BCUT2D eigenvalue weighted by atomic mass is 9.96. The number of amidine groups is 2. The van der Waals surface area contributed by atoms with Gasteiger partial charge in [-0.2, -0.15) is 0 Å². The van der Waals surface area contributed by atoms with Gasteiger partial charge in [-0.3, -0.25) is 0 Å². The van der Waals surface area contributed by atoms with Crippen LogP contribution in [0.2, 0.25) is 0 Å². The zero-order valence-corrected chi connectivity index (χ0v) is 31.5. The molecule has 1 unspecified atom stereocenters. The molecular weight excluding hydrogens is 709 g/mol. The van der Waals surface area contributed by atoms with Gasteiger partial charge in [-0.05, 0) is 69.6 Å². The van der Waals surface area contributed by atoms with E-state index in [0.717, 1.165) is 72.7 Å². The molecule has 0 saturated heterocycles. The Morgan fingerprint density at radius 2 is 1.03 bits per heavy atom. The molecule has 0 aliphatic carbocycles. The summed E-state index contributed by atoms with van der Waals surface area (Å²) in [6.45, 7) is 0. The molecule has 5 heteroatoms. The molecule has 0 radical (unpaired) electrons. The Morgan fingerprint density at radius 3 is 1.71 bits per heavy atom. The fourth-order valence-corrected chi connectivity index (χ4v) is 8.25. The lowest BCUT2D eigenvalue weighted by Gasteiger charge is -2.26. The van der Waals surface area contributed by atoms with Crippen LogP contribution in [0.4, 0.5) is 17.1 Å². The molecule has 1 aliphatic heterocycles. The molecule has 2 heterocycles. The summed E-state index contributed by atoms with van der Waals surface area (Å²) in [5.41, 5.74) is 9.99. The molecule has 1 N–H and O–H groups in total. The molecular formula is C53H36N4O. The van der Waals surface area contributed by atoms with Gasteiger partial charge in [0.1, 0.15) is 23.2 Å². The van der Waals surface area contributed by atoms with Gasteiger partial charge in [-0.1, -0.05) is 164 Å². The smallest absolute Gasteiger partial charge is 0.159 e. The van der Waals surface area contributed by atoms with Gasteiger partial charge >= 0.3 is 0 Å². The first-order valence-electron chi connectivity index (χ1n) is 19.6. The zero-order chi connectivity index (χ0) is 38.4. The minimum atomic E-state index is -0.402. The van der Waals surface area contributed by atoms with Crippen molar-refractivity contribution in [2.45, 2.75) is 6.17 Å². The Bertz CT molecular complexity index is 3120. The maximum absolute atomic E-state index is 6.77. The minimum Gasteiger partial charge on any atom is -0.455 e. The van der Waals surface area contributed by atoms with Crippen LogP contribution in [0.15, 0.2) is 221 Å². The first-order valence-corrected chi connectivity index (χ1v) is 19.6. The van der Waals surface area contributed by atoms with Gasteiger partial charge in [0.2, 0.25) is 0 Å². The molecule has 0 amide bonds. The van der Waals surface area contributed by atoms with Gasteiger partial charge in [-0.15, -0.1) is 0 Å². The molecule has 274 valence electrons. The van der Waals surface area contributed by atoms with Crippen molar-refractivity contribution < 1.29 is 4.42 Å². The number of rotatable bonds is 7. The number of benzene rings is 9. The van der Waals surface area contributed by atoms with Crippen LogP contribution in [0.25, 0.3) is 54.6 Å². The van der Waals surface area contributed by atoms with Crippen molar-refractivity contribution in [1.82, 2.24) is 5.32 Å². The number of hydrogen-bond donors (Lipinski definition) is 1. The molecule has 1 atom stereocenters. The Balaban J connectivity index is 1.03. The van der Waals surface area contributed by atoms with Gasteiger partial charge < -0.3 is 14.6 Å². The Morgan fingerprint density at radius 1 is 0.466 bits per heavy atom. The highest BCUT2D eigenvalue weighted by Gasteiger charge is 2.26. The quantitative estimate of drug-likeness (QED) is 0.177. The van der Waals surface area contributed by atoms with E-state index in [2.05, 4.69) is 168 Å². The Kier molecular flexibility index (Phi) is 8.14. The molecule has 58 heavy (non-hydrogen) atoms. The third-order valence-electron chi connectivity index (χ3n) is 11.1. The van der Waals surface area contributed by atoms with Crippen molar-refractivity contribution in [3.8, 4) is 11.1 Å². The first kappa shape index (κ1) is 33.6. The summed E-state index contributed by atoms with van der Waals surface area (Å²) in [6, 6.07) is 72.3. The Labute approximate surface area is 335 Å². The number of hydrogen-bond acceptors (Lipinski definition) is 5. The summed E-state index contributed by atoms with van der Waals surface area (Å²) < 4.78 is 6.77. The molecule has 0 fully saturated rings. The normalized spacial score (nSPS) is 14.0. The highest BCUT2D eigenvalue weighted by atomic mass is 16.3. The van der Waals surface area contributed by atoms with Crippen LogP contribution >= 0.6 is 0 Å². The molecule has 9 aromatic carbocycles. The number of furan rings is 1. The van der Waals surface area contributed by atoms with E-state index in [9.17, 15) is 0 Å². The van der Waals surface area contributed by atoms with Gasteiger partial charge in [0.05, 0.1) is 0 Å². The summed E-state index contributed by atoms with van der Waals surface area (Å²) in [4.78, 5) is 12.6. The van der Waals surface area contributed by atoms with Gasteiger partial charge in [0.25, 0.3) is 0 Å². The van der Waals surface area contributed by atoms with Crippen LogP contribution in [0.1, 0.15) is 22.9 Å². The maximum Gasteiger partial charge on any atom is 0.159 e. The second-order valence-electron chi connectivity index (χ2n) is 14.6. The second kappa shape index (κ2) is 14.1. The number of anilines is 3. The summed E-state index contributed by atoms with van der Waals surface area (Å²) in [5, 5.41) is 10.6. The molecule has 11 rings (SSSR count). The van der Waals surface area contributed by atoms with Crippen LogP contribution < -0.4 is 10.2 Å². The minimum absolute atomic E-state index is 0.402. The van der Waals surface area contributed by atoms with Crippen molar-refractivity contribution in [3.05, 3.63) is 223 Å². The summed E-state index contributed by atoms with van der Waals surface area (Å²) in [7, 11) is 0. The molecule has 0 spiro atoms. The van der Waals surface area contributed by atoms with Gasteiger partial charge in [0.15, 0.2) is 5.84 Å². The Hall–Kier alpha value is -7.76. The standard InChI is InChI=1S/C53H36N4O/c1-3-15-38(16-4-1)51-54-52(39-17-5-2-6-18-39)56-53(55-51)47-32-31-45(50-49(47)46-21-11-12-22-48(46)58-50)37-25-27-42(28-26-37)57(43-29-23-35-13-7-9-19-40(35)33-43)44-30-24-36-14-8-10-20-41(36)34-44/h1-34,53H,(H,54,55,56). The predicted octanol–water partition coefficient (Wildman–Crippen LogP) is 13.5. The zero-order valence-electron chi connectivity index (χ0n) is 31.5. The fourth-order valence-electron chi connectivity index (χ4n) is 8.25. The number of fused-ring (bicyclic) bond motifs is 5.